The van der Waals surface area contributed by atoms with Gasteiger partial charge in [0.15, 0.2) is 0 Å². The molecule has 1 saturated heterocycles. The Morgan fingerprint density at radius 1 is 1.16 bits per heavy atom. The van der Waals surface area contributed by atoms with Gasteiger partial charge in [-0.3, -0.25) is 9.59 Å². The van der Waals surface area contributed by atoms with Crippen LogP contribution in [-0.4, -0.2) is 36.3 Å². The van der Waals surface area contributed by atoms with Crippen molar-refractivity contribution in [3.8, 4) is 0 Å². The lowest BCUT2D eigenvalue weighted by atomic mass is 10.1. The number of hydrogen-bond acceptors (Lipinski definition) is 3. The number of nitrogens with zero attached hydrogens (tertiary/aromatic N) is 1. The quantitative estimate of drug-likeness (QED) is 0.624. The standard InChI is InChI=1S/C19H29N3O2.ClH/c20-13-7-2-1-6-11-18(23)21-17(16-9-4-3-5-10-16)15-22-14-8-12-19(22)24;/h3-5,9-10,17H,1-2,6-8,11-15,20H2,(H,21,23);1H. The number of rotatable bonds is 10. The first-order chi connectivity index (χ1) is 11.7. The zero-order valence-corrected chi connectivity index (χ0v) is 15.6. The third kappa shape index (κ3) is 7.45. The molecule has 1 aromatic rings. The molecule has 1 atom stereocenters. The van der Waals surface area contributed by atoms with Crippen LogP contribution < -0.4 is 11.1 Å². The Bertz CT molecular complexity index is 525. The number of likely N-dealkylation sites (tertiary alicyclic amines) is 1. The zero-order chi connectivity index (χ0) is 17.2. The third-order valence-electron chi connectivity index (χ3n) is 4.47. The molecule has 1 heterocycles. The molecule has 0 saturated carbocycles. The van der Waals surface area contributed by atoms with Crippen LogP contribution in [0.5, 0.6) is 0 Å². The van der Waals surface area contributed by atoms with E-state index in [4.69, 9.17) is 5.73 Å². The minimum absolute atomic E-state index is 0. The van der Waals surface area contributed by atoms with E-state index in [0.29, 0.717) is 25.9 Å². The lowest BCUT2D eigenvalue weighted by Crippen LogP contribution is -2.38. The number of halogens is 1. The molecule has 6 heteroatoms. The van der Waals surface area contributed by atoms with Crippen molar-refractivity contribution in [1.29, 1.82) is 0 Å². The summed E-state index contributed by atoms with van der Waals surface area (Å²) in [7, 11) is 0. The van der Waals surface area contributed by atoms with Crippen molar-refractivity contribution >= 4 is 24.2 Å². The highest BCUT2D eigenvalue weighted by Gasteiger charge is 2.25. The molecule has 5 nitrogen and oxygen atoms in total. The highest BCUT2D eigenvalue weighted by atomic mass is 35.5. The molecule has 140 valence electrons. The second kappa shape index (κ2) is 11.9. The van der Waals surface area contributed by atoms with Crippen molar-refractivity contribution in [2.45, 2.75) is 51.0 Å². The zero-order valence-electron chi connectivity index (χ0n) is 14.8. The second-order valence-electron chi connectivity index (χ2n) is 6.43. The largest absolute Gasteiger partial charge is 0.348 e. The Morgan fingerprint density at radius 2 is 1.88 bits per heavy atom. The SMILES string of the molecule is Cl.NCCCCCCC(=O)NC(CN1CCCC1=O)c1ccccc1. The Hall–Kier alpha value is -1.59. The summed E-state index contributed by atoms with van der Waals surface area (Å²) < 4.78 is 0. The van der Waals surface area contributed by atoms with Crippen LogP contribution in [0.2, 0.25) is 0 Å². The second-order valence-corrected chi connectivity index (χ2v) is 6.43. The first-order valence-electron chi connectivity index (χ1n) is 9.03. The van der Waals surface area contributed by atoms with Gasteiger partial charge in [-0.05, 0) is 31.4 Å². The summed E-state index contributed by atoms with van der Waals surface area (Å²) in [6, 6.07) is 9.77. The molecule has 2 rings (SSSR count). The fourth-order valence-electron chi connectivity index (χ4n) is 3.09. The van der Waals surface area contributed by atoms with Gasteiger partial charge in [-0.2, -0.15) is 0 Å². The predicted octanol–water partition coefficient (Wildman–Crippen LogP) is 2.80. The Morgan fingerprint density at radius 3 is 2.52 bits per heavy atom. The third-order valence-corrected chi connectivity index (χ3v) is 4.47. The molecule has 0 aromatic heterocycles. The Kier molecular flexibility index (Phi) is 10.2. The summed E-state index contributed by atoms with van der Waals surface area (Å²) in [4.78, 5) is 26.0. The highest BCUT2D eigenvalue weighted by Crippen LogP contribution is 2.19. The number of hydrogen-bond donors (Lipinski definition) is 2. The first-order valence-corrected chi connectivity index (χ1v) is 9.03. The number of amides is 2. The van der Waals surface area contributed by atoms with Gasteiger partial charge in [0, 0.05) is 25.9 Å². The van der Waals surface area contributed by atoms with Crippen molar-refractivity contribution in [3.63, 3.8) is 0 Å². The fourth-order valence-corrected chi connectivity index (χ4v) is 3.09. The van der Waals surface area contributed by atoms with Crippen LogP contribution in [0, 0.1) is 0 Å². The molecule has 3 N–H and O–H groups in total. The first kappa shape index (κ1) is 21.5. The number of carbonyl (C=O) groups is 2. The smallest absolute Gasteiger partial charge is 0.222 e. The molecule has 1 aliphatic heterocycles. The average molecular weight is 368 g/mol. The molecule has 1 unspecified atom stereocenters. The van der Waals surface area contributed by atoms with E-state index in [-0.39, 0.29) is 30.3 Å². The van der Waals surface area contributed by atoms with Gasteiger partial charge < -0.3 is 16.0 Å². The van der Waals surface area contributed by atoms with Gasteiger partial charge in [-0.1, -0.05) is 43.2 Å². The van der Waals surface area contributed by atoms with Crippen molar-refractivity contribution in [2.24, 2.45) is 5.73 Å². The van der Waals surface area contributed by atoms with Gasteiger partial charge in [-0.25, -0.2) is 0 Å². The lowest BCUT2D eigenvalue weighted by Gasteiger charge is -2.25. The molecular weight excluding hydrogens is 338 g/mol. The average Bonchev–Trinajstić information content (AvgIpc) is 3.00. The van der Waals surface area contributed by atoms with E-state index in [0.717, 1.165) is 44.2 Å². The molecule has 1 aromatic carbocycles. The van der Waals surface area contributed by atoms with Crippen molar-refractivity contribution in [3.05, 3.63) is 35.9 Å². The molecule has 0 radical (unpaired) electrons. The van der Waals surface area contributed by atoms with E-state index >= 15 is 0 Å². The van der Waals surface area contributed by atoms with Gasteiger partial charge in [0.1, 0.15) is 0 Å². The maximum atomic E-state index is 12.3. The van der Waals surface area contributed by atoms with Crippen molar-refractivity contribution in [2.75, 3.05) is 19.6 Å². The molecule has 1 fully saturated rings. The molecule has 0 aliphatic carbocycles. The summed E-state index contributed by atoms with van der Waals surface area (Å²) in [6.45, 7) is 2.06. The number of nitrogens with one attached hydrogen (secondary N) is 1. The minimum Gasteiger partial charge on any atom is -0.348 e. The number of carbonyl (C=O) groups excluding carboxylic acids is 2. The van der Waals surface area contributed by atoms with Crippen LogP contribution in [0.25, 0.3) is 0 Å². The fraction of sp³-hybridized carbons (Fsp3) is 0.579. The Balaban J connectivity index is 0.00000312. The number of nitrogens with two attached hydrogens (primary N) is 1. The van der Waals surface area contributed by atoms with Crippen LogP contribution in [0.3, 0.4) is 0 Å². The normalized spacial score (nSPS) is 14.9. The topological polar surface area (TPSA) is 75.4 Å². The van der Waals surface area contributed by atoms with E-state index in [1.165, 1.54) is 0 Å². The van der Waals surface area contributed by atoms with Crippen LogP contribution in [0.15, 0.2) is 30.3 Å². The van der Waals surface area contributed by atoms with Crippen molar-refractivity contribution < 1.29 is 9.59 Å². The van der Waals surface area contributed by atoms with E-state index in [2.05, 4.69) is 5.32 Å². The summed E-state index contributed by atoms with van der Waals surface area (Å²) in [5, 5.41) is 3.11. The summed E-state index contributed by atoms with van der Waals surface area (Å²) in [6.07, 6.45) is 6.08. The van der Waals surface area contributed by atoms with Gasteiger partial charge in [-0.15, -0.1) is 12.4 Å². The maximum Gasteiger partial charge on any atom is 0.222 e. The van der Waals surface area contributed by atoms with E-state index in [1.54, 1.807) is 0 Å². The summed E-state index contributed by atoms with van der Waals surface area (Å²) >= 11 is 0. The highest BCUT2D eigenvalue weighted by molar-refractivity contribution is 5.85. The Labute approximate surface area is 156 Å². The predicted molar refractivity (Wildman–Crippen MR) is 103 cm³/mol. The lowest BCUT2D eigenvalue weighted by molar-refractivity contribution is -0.129. The van der Waals surface area contributed by atoms with Crippen LogP contribution in [-0.2, 0) is 9.59 Å². The monoisotopic (exact) mass is 367 g/mol. The maximum absolute atomic E-state index is 12.3. The molecule has 0 spiro atoms. The van der Waals surface area contributed by atoms with Gasteiger partial charge in [0.25, 0.3) is 0 Å². The summed E-state index contributed by atoms with van der Waals surface area (Å²) in [5.74, 6) is 0.246. The molecular formula is C19H30ClN3O2. The summed E-state index contributed by atoms with van der Waals surface area (Å²) in [5.41, 5.74) is 6.53. The van der Waals surface area contributed by atoms with Crippen molar-refractivity contribution in [1.82, 2.24) is 10.2 Å². The number of unbranched alkanes of at least 4 members (excludes halogenated alkanes) is 3. The van der Waals surface area contributed by atoms with Gasteiger partial charge in [0.05, 0.1) is 6.04 Å². The minimum atomic E-state index is -0.134. The molecule has 1 aliphatic rings. The molecule has 25 heavy (non-hydrogen) atoms. The molecule has 0 bridgehead atoms. The van der Waals surface area contributed by atoms with Crippen LogP contribution in [0.1, 0.15) is 56.6 Å². The van der Waals surface area contributed by atoms with E-state index < -0.39 is 0 Å². The van der Waals surface area contributed by atoms with Crippen LogP contribution >= 0.6 is 12.4 Å². The van der Waals surface area contributed by atoms with E-state index in [9.17, 15) is 9.59 Å². The molecule has 2 amide bonds. The van der Waals surface area contributed by atoms with Crippen LogP contribution in [0.4, 0.5) is 0 Å². The van der Waals surface area contributed by atoms with Gasteiger partial charge in [0.2, 0.25) is 11.8 Å². The van der Waals surface area contributed by atoms with Gasteiger partial charge >= 0.3 is 0 Å². The van der Waals surface area contributed by atoms with E-state index in [1.807, 2.05) is 35.2 Å². The number of benzene rings is 1.